The van der Waals surface area contributed by atoms with Crippen LogP contribution < -0.4 is 4.90 Å². The van der Waals surface area contributed by atoms with Crippen molar-refractivity contribution in [3.8, 4) is 0 Å². The first-order chi connectivity index (χ1) is 7.88. The summed E-state index contributed by atoms with van der Waals surface area (Å²) in [7, 11) is 0. The third-order valence-corrected chi connectivity index (χ3v) is 2.58. The van der Waals surface area contributed by atoms with Crippen molar-refractivity contribution in [2.75, 3.05) is 18.0 Å². The summed E-state index contributed by atoms with van der Waals surface area (Å²) in [5, 5.41) is 8.93. The molecule has 0 aromatic heterocycles. The third-order valence-electron chi connectivity index (χ3n) is 2.58. The molecule has 0 aliphatic heterocycles. The molecule has 0 aliphatic rings. The molecule has 0 unspecified atom stereocenters. The Morgan fingerprint density at radius 3 is 2.29 bits per heavy atom. The fourth-order valence-corrected chi connectivity index (χ4v) is 1.57. The van der Waals surface area contributed by atoms with Crippen LogP contribution >= 0.6 is 0 Å². The van der Waals surface area contributed by atoms with Crippen molar-refractivity contribution >= 4 is 11.7 Å². The van der Waals surface area contributed by atoms with E-state index in [0.29, 0.717) is 0 Å². The van der Waals surface area contributed by atoms with Crippen LogP contribution in [0.25, 0.3) is 0 Å². The third kappa shape index (κ3) is 5.38. The molecule has 3 nitrogen and oxygen atoms in total. The number of hydrogen-bond donors (Lipinski definition) is 1. The minimum Gasteiger partial charge on any atom is -0.480 e. The molecule has 1 rings (SSSR count). The molecule has 0 spiro atoms. The van der Waals surface area contributed by atoms with E-state index in [0.717, 1.165) is 18.7 Å². The molecule has 0 bridgehead atoms. The Balaban J connectivity index is 2.71. The zero-order valence-electron chi connectivity index (χ0n) is 10.8. The van der Waals surface area contributed by atoms with E-state index in [9.17, 15) is 4.79 Å². The summed E-state index contributed by atoms with van der Waals surface area (Å²) >= 11 is 0. The van der Waals surface area contributed by atoms with Gasteiger partial charge in [-0.25, -0.2) is 0 Å². The SMILES string of the molecule is CC(C)(C)CCN(CC(=O)O)c1ccccc1. The second-order valence-electron chi connectivity index (χ2n) is 5.46. The summed E-state index contributed by atoms with van der Waals surface area (Å²) in [4.78, 5) is 12.8. The van der Waals surface area contributed by atoms with E-state index >= 15 is 0 Å². The maximum atomic E-state index is 10.9. The topological polar surface area (TPSA) is 40.5 Å². The minimum atomic E-state index is -0.789. The van der Waals surface area contributed by atoms with Crippen LogP contribution in [0.4, 0.5) is 5.69 Å². The van der Waals surface area contributed by atoms with E-state index in [1.807, 2.05) is 35.2 Å². The predicted molar refractivity (Wildman–Crippen MR) is 70.4 cm³/mol. The van der Waals surface area contributed by atoms with Crippen molar-refractivity contribution in [2.24, 2.45) is 5.41 Å². The van der Waals surface area contributed by atoms with Gasteiger partial charge in [0.25, 0.3) is 0 Å². The molecule has 0 atom stereocenters. The van der Waals surface area contributed by atoms with Crippen LogP contribution in [0.5, 0.6) is 0 Å². The lowest BCUT2D eigenvalue weighted by atomic mass is 9.92. The maximum Gasteiger partial charge on any atom is 0.323 e. The van der Waals surface area contributed by atoms with Crippen molar-refractivity contribution in [1.29, 1.82) is 0 Å². The van der Waals surface area contributed by atoms with Gasteiger partial charge in [0.2, 0.25) is 0 Å². The van der Waals surface area contributed by atoms with Gasteiger partial charge in [0, 0.05) is 12.2 Å². The number of carbonyl (C=O) groups is 1. The summed E-state index contributed by atoms with van der Waals surface area (Å²) in [5.74, 6) is -0.789. The minimum absolute atomic E-state index is 0.0556. The summed E-state index contributed by atoms with van der Waals surface area (Å²) < 4.78 is 0. The number of aliphatic carboxylic acids is 1. The molecule has 0 fully saturated rings. The number of hydrogen-bond acceptors (Lipinski definition) is 2. The van der Waals surface area contributed by atoms with Gasteiger partial charge < -0.3 is 10.0 Å². The van der Waals surface area contributed by atoms with Crippen LogP contribution in [0.15, 0.2) is 30.3 Å². The molecule has 0 heterocycles. The quantitative estimate of drug-likeness (QED) is 0.852. The number of benzene rings is 1. The molecule has 0 amide bonds. The van der Waals surface area contributed by atoms with Crippen LogP contribution in [0, 0.1) is 5.41 Å². The van der Waals surface area contributed by atoms with Gasteiger partial charge >= 0.3 is 5.97 Å². The average Bonchev–Trinajstić information content (AvgIpc) is 2.24. The Hall–Kier alpha value is -1.51. The second-order valence-corrected chi connectivity index (χ2v) is 5.46. The number of carboxylic acid groups (broad SMARTS) is 1. The van der Waals surface area contributed by atoms with Gasteiger partial charge in [0.1, 0.15) is 6.54 Å². The highest BCUT2D eigenvalue weighted by molar-refractivity contribution is 5.73. The zero-order chi connectivity index (χ0) is 12.9. The number of anilines is 1. The van der Waals surface area contributed by atoms with E-state index in [2.05, 4.69) is 20.8 Å². The normalized spacial score (nSPS) is 11.2. The molecule has 0 radical (unpaired) electrons. The number of nitrogens with zero attached hydrogens (tertiary/aromatic N) is 1. The molecule has 0 saturated heterocycles. The first kappa shape index (κ1) is 13.6. The molecule has 0 aliphatic carbocycles. The van der Waals surface area contributed by atoms with Gasteiger partial charge in [-0.15, -0.1) is 0 Å². The maximum absolute atomic E-state index is 10.9. The lowest BCUT2D eigenvalue weighted by Gasteiger charge is -2.27. The molecule has 1 N–H and O–H groups in total. The van der Waals surface area contributed by atoms with Crippen molar-refractivity contribution in [3.05, 3.63) is 30.3 Å². The summed E-state index contributed by atoms with van der Waals surface area (Å²) in [6, 6.07) is 9.70. The predicted octanol–water partition coefficient (Wildman–Crippen LogP) is 3.01. The summed E-state index contributed by atoms with van der Waals surface area (Å²) in [6.45, 7) is 7.31. The second kappa shape index (κ2) is 5.71. The van der Waals surface area contributed by atoms with Crippen LogP contribution in [0.3, 0.4) is 0 Å². The fourth-order valence-electron chi connectivity index (χ4n) is 1.57. The Bertz CT molecular complexity index is 354. The standard InChI is InChI=1S/C14H21NO2/c1-14(2,3)9-10-15(11-13(16)17)12-7-5-4-6-8-12/h4-8H,9-11H2,1-3H3,(H,16,17). The van der Waals surface area contributed by atoms with Gasteiger partial charge in [-0.05, 0) is 24.0 Å². The number of carboxylic acids is 1. The molecular weight excluding hydrogens is 214 g/mol. The smallest absolute Gasteiger partial charge is 0.323 e. The molecule has 1 aromatic carbocycles. The first-order valence-corrected chi connectivity index (χ1v) is 5.90. The van der Waals surface area contributed by atoms with Crippen molar-refractivity contribution in [1.82, 2.24) is 0 Å². The largest absolute Gasteiger partial charge is 0.480 e. The van der Waals surface area contributed by atoms with Gasteiger partial charge in [-0.3, -0.25) is 4.79 Å². The summed E-state index contributed by atoms with van der Waals surface area (Å²) in [6.07, 6.45) is 0.967. The highest BCUT2D eigenvalue weighted by Gasteiger charge is 2.15. The van der Waals surface area contributed by atoms with E-state index in [1.165, 1.54) is 0 Å². The van der Waals surface area contributed by atoms with Crippen molar-refractivity contribution < 1.29 is 9.90 Å². The summed E-state index contributed by atoms with van der Waals surface area (Å²) in [5.41, 5.74) is 1.19. The van der Waals surface area contributed by atoms with Crippen molar-refractivity contribution in [3.63, 3.8) is 0 Å². The van der Waals surface area contributed by atoms with Gasteiger partial charge in [0.05, 0.1) is 0 Å². The Labute approximate surface area is 103 Å². The van der Waals surface area contributed by atoms with Crippen LogP contribution in [0.1, 0.15) is 27.2 Å². The first-order valence-electron chi connectivity index (χ1n) is 5.90. The van der Waals surface area contributed by atoms with Crippen LogP contribution in [-0.4, -0.2) is 24.2 Å². The number of para-hydroxylation sites is 1. The fraction of sp³-hybridized carbons (Fsp3) is 0.500. The Morgan fingerprint density at radius 2 is 1.82 bits per heavy atom. The van der Waals surface area contributed by atoms with Gasteiger partial charge in [-0.1, -0.05) is 39.0 Å². The Kier molecular flexibility index (Phi) is 4.55. The van der Waals surface area contributed by atoms with Crippen LogP contribution in [0.2, 0.25) is 0 Å². The van der Waals surface area contributed by atoms with E-state index in [-0.39, 0.29) is 12.0 Å². The lowest BCUT2D eigenvalue weighted by molar-refractivity contribution is -0.135. The Morgan fingerprint density at radius 1 is 1.24 bits per heavy atom. The average molecular weight is 235 g/mol. The molecule has 0 saturated carbocycles. The molecule has 17 heavy (non-hydrogen) atoms. The van der Waals surface area contributed by atoms with Gasteiger partial charge in [-0.2, -0.15) is 0 Å². The number of rotatable bonds is 5. The van der Waals surface area contributed by atoms with E-state index in [4.69, 9.17) is 5.11 Å². The zero-order valence-corrected chi connectivity index (χ0v) is 10.8. The lowest BCUT2D eigenvalue weighted by Crippen LogP contribution is -2.32. The monoisotopic (exact) mass is 235 g/mol. The molecule has 94 valence electrons. The molecule has 1 aromatic rings. The molecular formula is C14H21NO2. The highest BCUT2D eigenvalue weighted by Crippen LogP contribution is 2.21. The van der Waals surface area contributed by atoms with Gasteiger partial charge in [0.15, 0.2) is 0 Å². The molecule has 3 heteroatoms. The van der Waals surface area contributed by atoms with Crippen LogP contribution in [-0.2, 0) is 4.79 Å². The van der Waals surface area contributed by atoms with E-state index < -0.39 is 5.97 Å². The highest BCUT2D eigenvalue weighted by atomic mass is 16.4. The van der Waals surface area contributed by atoms with Crippen molar-refractivity contribution in [2.45, 2.75) is 27.2 Å². The van der Waals surface area contributed by atoms with E-state index in [1.54, 1.807) is 0 Å².